The molecule has 0 aromatic heterocycles. The molecule has 0 aliphatic carbocycles. The van der Waals surface area contributed by atoms with Gasteiger partial charge in [0, 0.05) is 31.7 Å². The maximum atomic E-state index is 13.1. The van der Waals surface area contributed by atoms with Gasteiger partial charge in [-0.1, -0.05) is 0 Å². The molecule has 6 nitrogen and oxygen atoms in total. The van der Waals surface area contributed by atoms with Crippen LogP contribution in [0.25, 0.3) is 0 Å². The van der Waals surface area contributed by atoms with Crippen molar-refractivity contribution >= 4 is 21.6 Å². The number of piperidine rings is 1. The number of hydrogen-bond donors (Lipinski definition) is 1. The summed E-state index contributed by atoms with van der Waals surface area (Å²) >= 11 is 0. The van der Waals surface area contributed by atoms with Gasteiger partial charge in [0.05, 0.1) is 4.90 Å². The fourth-order valence-corrected chi connectivity index (χ4v) is 6.00. The number of nitrogens with zero attached hydrogens (tertiary/aromatic N) is 2. The van der Waals surface area contributed by atoms with Gasteiger partial charge in [-0.05, 0) is 74.9 Å². The van der Waals surface area contributed by atoms with Crippen LogP contribution >= 0.6 is 0 Å². The van der Waals surface area contributed by atoms with Gasteiger partial charge in [-0.2, -0.15) is 4.31 Å². The maximum absolute atomic E-state index is 13.1. The van der Waals surface area contributed by atoms with Crippen molar-refractivity contribution in [1.29, 1.82) is 0 Å². The Kier molecular flexibility index (Phi) is 5.03. The predicted molar refractivity (Wildman–Crippen MR) is 101 cm³/mol. The second-order valence-electron chi connectivity index (χ2n) is 7.75. The van der Waals surface area contributed by atoms with Crippen LogP contribution in [0.5, 0.6) is 0 Å². The molecular formula is C19H27N3O3S. The van der Waals surface area contributed by atoms with Gasteiger partial charge >= 0.3 is 0 Å². The fraction of sp³-hybridized carbons (Fsp3) is 0.632. The SMILES string of the molecule is O=C1CCc2cc(S(=O)(=O)N3CCC[C@H](CN4CCCC4)C3)ccc2N1. The first kappa shape index (κ1) is 17.9. The summed E-state index contributed by atoms with van der Waals surface area (Å²) in [5.41, 5.74) is 1.65. The molecule has 7 heteroatoms. The third-order valence-corrected chi connectivity index (χ3v) is 7.67. The summed E-state index contributed by atoms with van der Waals surface area (Å²) in [4.78, 5) is 14.3. The van der Waals surface area contributed by atoms with E-state index in [9.17, 15) is 13.2 Å². The van der Waals surface area contributed by atoms with Crippen molar-refractivity contribution in [3.8, 4) is 0 Å². The van der Waals surface area contributed by atoms with Crippen molar-refractivity contribution in [1.82, 2.24) is 9.21 Å². The van der Waals surface area contributed by atoms with E-state index in [1.807, 2.05) is 0 Å². The van der Waals surface area contributed by atoms with Gasteiger partial charge in [-0.25, -0.2) is 8.42 Å². The number of fused-ring (bicyclic) bond motifs is 1. The van der Waals surface area contributed by atoms with Gasteiger partial charge in [0.2, 0.25) is 15.9 Å². The smallest absolute Gasteiger partial charge is 0.243 e. The highest BCUT2D eigenvalue weighted by Crippen LogP contribution is 2.29. The summed E-state index contributed by atoms with van der Waals surface area (Å²) in [5.74, 6) is 0.419. The molecule has 3 aliphatic rings. The average Bonchev–Trinajstić information content (AvgIpc) is 3.14. The third kappa shape index (κ3) is 3.66. The molecule has 0 saturated carbocycles. The Labute approximate surface area is 155 Å². The number of likely N-dealkylation sites (tertiary alicyclic amines) is 1. The molecule has 2 saturated heterocycles. The summed E-state index contributed by atoms with van der Waals surface area (Å²) in [6.45, 7) is 4.54. The lowest BCUT2D eigenvalue weighted by Crippen LogP contribution is -2.43. The summed E-state index contributed by atoms with van der Waals surface area (Å²) in [5, 5.41) is 2.81. The van der Waals surface area contributed by atoms with Gasteiger partial charge in [0.25, 0.3) is 0 Å². The number of aryl methyl sites for hydroxylation is 1. The first-order chi connectivity index (χ1) is 12.5. The van der Waals surface area contributed by atoms with E-state index in [-0.39, 0.29) is 5.91 Å². The van der Waals surface area contributed by atoms with E-state index in [2.05, 4.69) is 10.2 Å². The normalized spacial score (nSPS) is 25.1. The molecule has 1 N–H and O–H groups in total. The number of hydrogen-bond acceptors (Lipinski definition) is 4. The second-order valence-corrected chi connectivity index (χ2v) is 9.68. The van der Waals surface area contributed by atoms with E-state index in [0.717, 1.165) is 43.7 Å². The van der Waals surface area contributed by atoms with Crippen LogP contribution in [-0.4, -0.2) is 56.3 Å². The number of carbonyl (C=O) groups is 1. The monoisotopic (exact) mass is 377 g/mol. The van der Waals surface area contributed by atoms with E-state index < -0.39 is 10.0 Å². The van der Waals surface area contributed by atoms with Crippen LogP contribution in [0, 0.1) is 5.92 Å². The zero-order valence-corrected chi connectivity index (χ0v) is 15.9. The van der Waals surface area contributed by atoms with Crippen molar-refractivity contribution in [2.24, 2.45) is 5.92 Å². The minimum Gasteiger partial charge on any atom is -0.326 e. The maximum Gasteiger partial charge on any atom is 0.243 e. The molecule has 1 aromatic rings. The number of benzene rings is 1. The van der Waals surface area contributed by atoms with Crippen LogP contribution in [0.15, 0.2) is 23.1 Å². The predicted octanol–water partition coefficient (Wildman–Crippen LogP) is 2.07. The Morgan fingerprint density at radius 2 is 1.88 bits per heavy atom. The van der Waals surface area contributed by atoms with Crippen LogP contribution in [0.1, 0.15) is 37.7 Å². The lowest BCUT2D eigenvalue weighted by Gasteiger charge is -2.34. The van der Waals surface area contributed by atoms with Crippen molar-refractivity contribution in [2.75, 3.05) is 38.0 Å². The molecular weight excluding hydrogens is 350 g/mol. The quantitative estimate of drug-likeness (QED) is 0.872. The molecule has 2 fully saturated rings. The van der Waals surface area contributed by atoms with Gasteiger partial charge in [-0.3, -0.25) is 4.79 Å². The van der Waals surface area contributed by atoms with Gasteiger partial charge in [0.1, 0.15) is 0 Å². The number of carbonyl (C=O) groups excluding carboxylic acids is 1. The summed E-state index contributed by atoms with van der Waals surface area (Å²) in [7, 11) is -3.47. The fourth-order valence-electron chi connectivity index (χ4n) is 4.39. The Bertz CT molecular complexity index is 787. The highest BCUT2D eigenvalue weighted by molar-refractivity contribution is 7.89. The standard InChI is InChI=1S/C19H27N3O3S/c23-19-8-5-16-12-17(6-7-18(16)20-19)26(24,25)22-11-3-4-15(14-22)13-21-9-1-2-10-21/h6-7,12,15H,1-5,8-11,13-14H2,(H,20,23)/t15-/m1/s1. The minimum atomic E-state index is -3.47. The van der Waals surface area contributed by atoms with Crippen molar-refractivity contribution in [3.05, 3.63) is 23.8 Å². The van der Waals surface area contributed by atoms with E-state index in [0.29, 0.717) is 36.7 Å². The Balaban J connectivity index is 1.49. The van der Waals surface area contributed by atoms with Gasteiger partial charge in [0.15, 0.2) is 0 Å². The largest absolute Gasteiger partial charge is 0.326 e. The zero-order chi connectivity index (χ0) is 18.1. The Morgan fingerprint density at radius 3 is 2.69 bits per heavy atom. The zero-order valence-electron chi connectivity index (χ0n) is 15.1. The lowest BCUT2D eigenvalue weighted by atomic mass is 9.99. The van der Waals surface area contributed by atoms with Crippen molar-refractivity contribution in [3.63, 3.8) is 0 Å². The lowest BCUT2D eigenvalue weighted by molar-refractivity contribution is -0.116. The van der Waals surface area contributed by atoms with Crippen molar-refractivity contribution in [2.45, 2.75) is 43.4 Å². The summed E-state index contributed by atoms with van der Waals surface area (Å²) in [6, 6.07) is 5.10. The Morgan fingerprint density at radius 1 is 1.08 bits per heavy atom. The van der Waals surface area contributed by atoms with E-state index in [4.69, 9.17) is 0 Å². The Hall–Kier alpha value is -1.44. The number of anilines is 1. The highest BCUT2D eigenvalue weighted by atomic mass is 32.2. The number of nitrogens with one attached hydrogen (secondary N) is 1. The molecule has 0 unspecified atom stereocenters. The molecule has 4 rings (SSSR count). The molecule has 3 heterocycles. The average molecular weight is 378 g/mol. The van der Waals surface area contributed by atoms with Gasteiger partial charge < -0.3 is 10.2 Å². The number of rotatable bonds is 4. The molecule has 0 spiro atoms. The van der Waals surface area contributed by atoms with E-state index in [1.165, 1.54) is 12.8 Å². The third-order valence-electron chi connectivity index (χ3n) is 5.81. The molecule has 1 amide bonds. The van der Waals surface area contributed by atoms with Crippen LogP contribution < -0.4 is 5.32 Å². The van der Waals surface area contributed by atoms with Crippen LogP contribution in [0.4, 0.5) is 5.69 Å². The van der Waals surface area contributed by atoms with Crippen LogP contribution in [0.3, 0.4) is 0 Å². The first-order valence-corrected chi connectivity index (χ1v) is 11.1. The van der Waals surface area contributed by atoms with Gasteiger partial charge in [-0.15, -0.1) is 0 Å². The highest BCUT2D eigenvalue weighted by Gasteiger charge is 2.32. The van der Waals surface area contributed by atoms with Crippen LogP contribution in [0.2, 0.25) is 0 Å². The molecule has 26 heavy (non-hydrogen) atoms. The van der Waals surface area contributed by atoms with Crippen LogP contribution in [-0.2, 0) is 21.2 Å². The molecule has 142 valence electrons. The summed E-state index contributed by atoms with van der Waals surface area (Å²) < 4.78 is 28.0. The van der Waals surface area contributed by atoms with E-state index >= 15 is 0 Å². The van der Waals surface area contributed by atoms with Crippen molar-refractivity contribution < 1.29 is 13.2 Å². The first-order valence-electron chi connectivity index (χ1n) is 9.68. The topological polar surface area (TPSA) is 69.7 Å². The molecule has 0 bridgehead atoms. The molecule has 3 aliphatic heterocycles. The molecule has 1 atom stereocenters. The second kappa shape index (κ2) is 7.29. The minimum absolute atomic E-state index is 0.00566. The number of amides is 1. The van der Waals surface area contributed by atoms with E-state index in [1.54, 1.807) is 22.5 Å². The number of sulfonamides is 1. The molecule has 1 aromatic carbocycles. The summed E-state index contributed by atoms with van der Waals surface area (Å²) in [6.07, 6.45) is 5.58. The molecule has 0 radical (unpaired) electrons.